The minimum absolute atomic E-state index is 1.16. The summed E-state index contributed by atoms with van der Waals surface area (Å²) in [6.07, 6.45) is -60.4. The van der Waals surface area contributed by atoms with E-state index in [-0.39, 0.29) is 0 Å². The predicted molar refractivity (Wildman–Crippen MR) is 256 cm³/mol. The average Bonchev–Trinajstić information content (AvgIpc) is 1.20. The zero-order valence-electron chi connectivity index (χ0n) is 42.7. The number of hydrogen-bond donors (Lipinski definition) is 19. The molecule has 0 aromatic heterocycles. The van der Waals surface area contributed by atoms with Gasteiger partial charge in [0.1, 0.15) is 104 Å². The molecule has 89 heavy (non-hydrogen) atoms. The van der Waals surface area contributed by atoms with Crippen molar-refractivity contribution in [3.8, 4) is 0 Å². The Balaban J connectivity index is 1.57. The van der Waals surface area contributed by atoms with Crippen molar-refractivity contribution in [1.82, 2.24) is 14.2 Å². The standard InChI is InChI=1S/C30H51N3O48S8/c34-13-7(2-68-85(53,54)55)73-28(11(14(13)35)32-83(47,48)49)78-22-16(37)17(38)30(79-23(22)25(41)42)76-19-9(4-70-87(59,60)61)74-29(12(33-84(50,51)52)21(19)81-89(65,66)67)72-5-1-6(80-88(62,63)64)27(77-20(5)24(39)40)75-18-8(3-69-86(56,57)58)71-26(43)10(15(18)36)31-82(44,45)46/h5-23,26-38,43H,1-4H2,(H,39,40)(H,41,42)(H,44,45,46)(H,47,48,49)(H,50,51,52)(H,53,54,55)(H,56,57,58)(H,59,60,61)(H,62,63,64)(H,65,66,67)/t5-,6+,7+,8+,9+,10+,11+,12+,13+,14+,15+,16+,17+,18+,19+,20+,21+,22-,23-,26-,27+,28+,29-,30+/m0/s1. The summed E-state index contributed by atoms with van der Waals surface area (Å²) in [5, 5.41) is 86.1. The molecule has 0 bridgehead atoms. The van der Waals surface area contributed by atoms with Crippen molar-refractivity contribution < 1.29 is 218 Å². The van der Waals surface area contributed by atoms with Crippen molar-refractivity contribution >= 4 is 94.8 Å². The van der Waals surface area contributed by atoms with E-state index in [1.54, 1.807) is 0 Å². The molecule has 0 aliphatic carbocycles. The maximum absolute atomic E-state index is 12.9. The topological polar surface area (TPSA) is 796 Å². The van der Waals surface area contributed by atoms with Gasteiger partial charge in [0.2, 0.25) is 0 Å². The van der Waals surface area contributed by atoms with E-state index in [4.69, 9.17) is 51.7 Å². The minimum Gasteiger partial charge on any atom is -0.479 e. The Morgan fingerprint density at radius 1 is 0.371 bits per heavy atom. The van der Waals surface area contributed by atoms with E-state index >= 15 is 0 Å². The lowest BCUT2D eigenvalue weighted by Crippen LogP contribution is -2.70. The number of aliphatic hydroxyl groups excluding tert-OH is 6. The molecule has 0 amide bonds. The SMILES string of the molecule is O=C(O)[C@H]1O[C@@H](O[C@H]2[C@H](OS(=O)(=O)O)[C@@H](NS(=O)(=O)O)[C@@H](O[C@H]3C[C@@H](OS(=O)(=O)O)[C@H](O[C@H]4[C@H](O)[C@@H](NS(=O)(=O)O)[C@@H](O)O[C@@H]4COS(=O)(=O)O)O[C@H]3C(=O)O)O[C@@H]2COS(=O)(=O)O)[C@H](O)[C@@H](O)[C@@H]1O[C@H]1O[C@H](COS(=O)(=O)O)[C@@H](O)[C@H](O)[C@H]1NS(=O)(=O)O. The predicted octanol–water partition coefficient (Wildman–Crippen LogP) is -13.4. The zero-order chi connectivity index (χ0) is 67.9. The Labute approximate surface area is 498 Å². The fourth-order valence-corrected chi connectivity index (χ4v) is 12.5. The van der Waals surface area contributed by atoms with Crippen molar-refractivity contribution in [3.63, 3.8) is 0 Å². The quantitative estimate of drug-likeness (QED) is 0.0309. The Morgan fingerprint density at radius 2 is 0.787 bits per heavy atom. The number of nitrogens with one attached hydrogen (secondary N) is 3. The van der Waals surface area contributed by atoms with E-state index in [2.05, 4.69) is 20.9 Å². The van der Waals surface area contributed by atoms with E-state index in [1.165, 1.54) is 9.44 Å². The second-order valence-corrected chi connectivity index (χ2v) is 27.3. The van der Waals surface area contributed by atoms with Gasteiger partial charge < -0.3 is 83.5 Å². The molecule has 0 aromatic rings. The smallest absolute Gasteiger partial charge is 0.397 e. The van der Waals surface area contributed by atoms with Crippen LogP contribution in [0.15, 0.2) is 0 Å². The van der Waals surface area contributed by atoms with Crippen LogP contribution in [0.1, 0.15) is 6.42 Å². The highest BCUT2D eigenvalue weighted by molar-refractivity contribution is 7.84. The number of ether oxygens (including phenoxy) is 9. The Hall–Kier alpha value is -2.70. The van der Waals surface area contributed by atoms with Gasteiger partial charge in [0.15, 0.2) is 43.7 Å². The molecule has 5 rings (SSSR count). The van der Waals surface area contributed by atoms with Crippen molar-refractivity contribution in [3.05, 3.63) is 0 Å². The molecule has 59 heteroatoms. The van der Waals surface area contributed by atoms with Crippen LogP contribution in [0.2, 0.25) is 0 Å². The summed E-state index contributed by atoms with van der Waals surface area (Å²) in [5.41, 5.74) is 0. The molecule has 0 radical (unpaired) electrons. The number of aliphatic carboxylic acids is 2. The summed E-state index contributed by atoms with van der Waals surface area (Å²) in [7, 11) is -46.2. The fraction of sp³-hybridized carbons (Fsp3) is 0.933. The molecule has 5 saturated heterocycles. The molecule has 0 unspecified atom stereocenters. The lowest BCUT2D eigenvalue weighted by molar-refractivity contribution is -0.366. The Morgan fingerprint density at radius 3 is 1.26 bits per heavy atom. The van der Waals surface area contributed by atoms with E-state index in [9.17, 15) is 145 Å². The molecule has 24 atom stereocenters. The van der Waals surface area contributed by atoms with Crippen LogP contribution in [0.5, 0.6) is 0 Å². The molecule has 51 nitrogen and oxygen atoms in total. The monoisotopic (exact) mass is 1480 g/mol. The highest BCUT2D eigenvalue weighted by Gasteiger charge is 2.60. The van der Waals surface area contributed by atoms with Gasteiger partial charge in [-0.2, -0.15) is 81.5 Å². The number of hydrogen-bond acceptors (Lipinski definition) is 38. The van der Waals surface area contributed by atoms with Crippen LogP contribution >= 0.6 is 0 Å². The molecule has 5 fully saturated rings. The first kappa shape index (κ1) is 77.0. The third kappa shape index (κ3) is 23.0. The van der Waals surface area contributed by atoms with Gasteiger partial charge in [-0.15, -0.1) is 0 Å². The molecule has 0 aromatic carbocycles. The van der Waals surface area contributed by atoms with Crippen LogP contribution in [0.25, 0.3) is 0 Å². The van der Waals surface area contributed by atoms with Gasteiger partial charge in [-0.3, -0.25) is 36.4 Å². The summed E-state index contributed by atoms with van der Waals surface area (Å²) in [4.78, 5) is 25.7. The fourth-order valence-electron chi connectivity index (χ4n) is 8.77. The Bertz CT molecular complexity index is 3430. The van der Waals surface area contributed by atoms with Gasteiger partial charge in [-0.25, -0.2) is 30.5 Å². The van der Waals surface area contributed by atoms with Crippen LogP contribution in [0, 0.1) is 0 Å². The van der Waals surface area contributed by atoms with Crippen LogP contribution in [0.3, 0.4) is 0 Å². The minimum atomic E-state index is -6.30. The van der Waals surface area contributed by atoms with Gasteiger partial charge >= 0.3 is 94.8 Å². The van der Waals surface area contributed by atoms with Gasteiger partial charge in [0, 0.05) is 6.42 Å². The number of rotatable bonds is 29. The molecule has 5 aliphatic heterocycles. The Kier molecular flexibility index (Phi) is 25.2. The lowest BCUT2D eigenvalue weighted by Gasteiger charge is -2.49. The molecule has 5 heterocycles. The van der Waals surface area contributed by atoms with Gasteiger partial charge in [-0.1, -0.05) is 0 Å². The second kappa shape index (κ2) is 29.1. The van der Waals surface area contributed by atoms with Gasteiger partial charge in [0.05, 0.1) is 19.8 Å². The van der Waals surface area contributed by atoms with Crippen LogP contribution in [-0.4, -0.2) is 324 Å². The van der Waals surface area contributed by atoms with E-state index in [0.717, 1.165) is 4.72 Å². The summed E-state index contributed by atoms with van der Waals surface area (Å²) in [6.45, 7) is -5.01. The normalized spacial score (nSPS) is 38.4. The molecule has 522 valence electrons. The van der Waals surface area contributed by atoms with E-state index in [0.29, 0.717) is 0 Å². The molecule has 0 saturated carbocycles. The molecular formula is C30H51N3O48S8. The molecule has 5 aliphatic rings. The first-order valence-electron chi connectivity index (χ1n) is 23.0. The van der Waals surface area contributed by atoms with E-state index in [1.807, 2.05) is 0 Å². The van der Waals surface area contributed by atoms with Crippen LogP contribution < -0.4 is 14.2 Å². The van der Waals surface area contributed by atoms with Crippen molar-refractivity contribution in [2.75, 3.05) is 19.8 Å². The van der Waals surface area contributed by atoms with Crippen LogP contribution in [-0.2, 0) is 156 Å². The highest BCUT2D eigenvalue weighted by atomic mass is 32.3. The largest absolute Gasteiger partial charge is 0.479 e. The van der Waals surface area contributed by atoms with Crippen molar-refractivity contribution in [2.24, 2.45) is 0 Å². The molecule has 19 N–H and O–H groups in total. The molecular weight excluding hydrogens is 1430 g/mol. The first-order valence-corrected chi connectivity index (χ1v) is 34.2. The third-order valence-electron chi connectivity index (χ3n) is 12.1. The third-order valence-corrected chi connectivity index (χ3v) is 16.1. The van der Waals surface area contributed by atoms with Crippen LogP contribution in [0.4, 0.5) is 0 Å². The number of carbonyl (C=O) groups is 2. The summed E-state index contributed by atoms with van der Waals surface area (Å²) < 4.78 is 340. The summed E-state index contributed by atoms with van der Waals surface area (Å²) >= 11 is 0. The van der Waals surface area contributed by atoms with Crippen molar-refractivity contribution in [2.45, 2.75) is 154 Å². The second-order valence-electron chi connectivity index (χ2n) is 18.4. The number of carboxylic acid groups (broad SMARTS) is 2. The van der Waals surface area contributed by atoms with E-state index < -0.39 is 268 Å². The summed E-state index contributed by atoms with van der Waals surface area (Å²) in [6, 6.07) is -8.21. The maximum Gasteiger partial charge on any atom is 0.397 e. The highest BCUT2D eigenvalue weighted by Crippen LogP contribution is 2.38. The van der Waals surface area contributed by atoms with Gasteiger partial charge in [0.25, 0.3) is 0 Å². The lowest BCUT2D eigenvalue weighted by atomic mass is 9.94. The number of carboxylic acids is 2. The average molecular weight is 1480 g/mol. The number of aliphatic hydroxyl groups is 6. The first-order chi connectivity index (χ1) is 40.2. The summed E-state index contributed by atoms with van der Waals surface area (Å²) in [5.74, 6) is -4.75. The van der Waals surface area contributed by atoms with Gasteiger partial charge in [-0.05, 0) is 0 Å². The molecule has 0 spiro atoms. The zero-order valence-corrected chi connectivity index (χ0v) is 49.2. The maximum atomic E-state index is 12.9. The van der Waals surface area contributed by atoms with Crippen molar-refractivity contribution in [1.29, 1.82) is 0 Å².